The first-order valence-corrected chi connectivity index (χ1v) is 5.06. The average molecular weight is 246 g/mol. The number of benzene rings is 1. The van der Waals surface area contributed by atoms with E-state index >= 15 is 0 Å². The number of aromatic nitrogens is 2. The lowest BCUT2D eigenvalue weighted by Crippen LogP contribution is -1.99. The van der Waals surface area contributed by atoms with Crippen LogP contribution < -0.4 is 9.47 Å². The fourth-order valence-electron chi connectivity index (χ4n) is 1.23. The number of rotatable bonds is 4. The number of nitrogens with zero attached hydrogens (tertiary/aromatic N) is 2. The van der Waals surface area contributed by atoms with Crippen molar-refractivity contribution in [2.24, 2.45) is 0 Å². The molecule has 1 heterocycles. The maximum absolute atomic E-state index is 10.6. The summed E-state index contributed by atoms with van der Waals surface area (Å²) in [6.45, 7) is 0. The average Bonchev–Trinajstić information content (AvgIpc) is 2.40. The number of ether oxygens (including phenoxy) is 2. The highest BCUT2D eigenvalue weighted by atomic mass is 16.5. The van der Waals surface area contributed by atoms with Gasteiger partial charge in [0.15, 0.2) is 0 Å². The minimum absolute atomic E-state index is 0.0112. The molecule has 1 N–H and O–H groups in total. The molecule has 0 aliphatic heterocycles. The molecule has 6 nitrogen and oxygen atoms in total. The molecule has 0 bridgehead atoms. The fraction of sp³-hybridized carbons (Fsp3) is 0.0833. The Kier molecular flexibility index (Phi) is 3.38. The summed E-state index contributed by atoms with van der Waals surface area (Å²) in [5.74, 6) is 0.175. The zero-order valence-corrected chi connectivity index (χ0v) is 9.53. The largest absolute Gasteiger partial charge is 0.497 e. The van der Waals surface area contributed by atoms with Crippen LogP contribution in [0.15, 0.2) is 36.7 Å². The van der Waals surface area contributed by atoms with Crippen LogP contribution in [-0.4, -0.2) is 28.2 Å². The molecule has 1 aromatic heterocycles. The van der Waals surface area contributed by atoms with E-state index in [4.69, 9.17) is 14.6 Å². The number of carboxylic acids is 1. The zero-order valence-electron chi connectivity index (χ0n) is 9.53. The van der Waals surface area contributed by atoms with Crippen LogP contribution in [0.4, 0.5) is 0 Å². The highest BCUT2D eigenvalue weighted by molar-refractivity contribution is 5.86. The first-order valence-electron chi connectivity index (χ1n) is 5.06. The smallest absolute Gasteiger partial charge is 0.338 e. The van der Waals surface area contributed by atoms with Gasteiger partial charge >= 0.3 is 12.0 Å². The molecule has 0 saturated heterocycles. The summed E-state index contributed by atoms with van der Waals surface area (Å²) in [4.78, 5) is 18.2. The number of hydrogen-bond acceptors (Lipinski definition) is 5. The maximum atomic E-state index is 10.6. The normalized spacial score (nSPS) is 9.83. The van der Waals surface area contributed by atoms with Crippen molar-refractivity contribution < 1.29 is 19.4 Å². The van der Waals surface area contributed by atoms with E-state index in [0.717, 1.165) is 0 Å². The fourth-order valence-corrected chi connectivity index (χ4v) is 1.23. The van der Waals surface area contributed by atoms with Crippen molar-refractivity contribution in [1.82, 2.24) is 9.97 Å². The molecule has 2 rings (SSSR count). The first-order chi connectivity index (χ1) is 8.69. The van der Waals surface area contributed by atoms with Crippen LogP contribution in [0.3, 0.4) is 0 Å². The van der Waals surface area contributed by atoms with Gasteiger partial charge in [-0.25, -0.2) is 14.8 Å². The summed E-state index contributed by atoms with van der Waals surface area (Å²) in [5.41, 5.74) is 0.0112. The third-order valence-electron chi connectivity index (χ3n) is 2.14. The van der Waals surface area contributed by atoms with E-state index in [-0.39, 0.29) is 11.6 Å². The van der Waals surface area contributed by atoms with E-state index in [0.29, 0.717) is 11.5 Å². The van der Waals surface area contributed by atoms with Crippen LogP contribution in [0.2, 0.25) is 0 Å². The molecule has 0 fully saturated rings. The number of methoxy groups -OCH3 is 1. The van der Waals surface area contributed by atoms with Crippen LogP contribution in [0.1, 0.15) is 10.4 Å². The molecule has 1 aromatic carbocycles. The minimum atomic E-state index is -1.08. The molecular weight excluding hydrogens is 236 g/mol. The summed E-state index contributed by atoms with van der Waals surface area (Å²) in [5, 5.41) is 8.69. The molecule has 0 aliphatic rings. The Morgan fingerprint density at radius 3 is 2.17 bits per heavy atom. The summed E-state index contributed by atoms with van der Waals surface area (Å²) < 4.78 is 10.4. The molecule has 0 amide bonds. The summed E-state index contributed by atoms with van der Waals surface area (Å²) in [6, 6.07) is 6.97. The molecule has 18 heavy (non-hydrogen) atoms. The van der Waals surface area contributed by atoms with Gasteiger partial charge in [0.05, 0.1) is 12.7 Å². The van der Waals surface area contributed by atoms with E-state index in [1.54, 1.807) is 31.4 Å². The molecular formula is C12H10N2O4. The van der Waals surface area contributed by atoms with Crippen molar-refractivity contribution in [2.75, 3.05) is 7.11 Å². The van der Waals surface area contributed by atoms with Crippen LogP contribution in [0.25, 0.3) is 0 Å². The molecule has 0 aliphatic carbocycles. The van der Waals surface area contributed by atoms with E-state index < -0.39 is 5.97 Å². The third-order valence-corrected chi connectivity index (χ3v) is 2.14. The molecule has 92 valence electrons. The summed E-state index contributed by atoms with van der Waals surface area (Å²) in [7, 11) is 1.57. The van der Waals surface area contributed by atoms with E-state index in [1.807, 2.05) is 0 Å². The molecule has 0 unspecified atom stereocenters. The molecule has 0 spiro atoms. The second-order valence-corrected chi connectivity index (χ2v) is 3.34. The van der Waals surface area contributed by atoms with Gasteiger partial charge in [-0.1, -0.05) is 0 Å². The van der Waals surface area contributed by atoms with Crippen LogP contribution in [0.5, 0.6) is 17.5 Å². The lowest BCUT2D eigenvalue weighted by Gasteiger charge is -2.04. The van der Waals surface area contributed by atoms with Gasteiger partial charge in [0.25, 0.3) is 0 Å². The van der Waals surface area contributed by atoms with Gasteiger partial charge in [-0.2, -0.15) is 0 Å². The molecule has 0 radical (unpaired) electrons. The van der Waals surface area contributed by atoms with E-state index in [2.05, 4.69) is 9.97 Å². The molecule has 6 heteroatoms. The summed E-state index contributed by atoms with van der Waals surface area (Å²) in [6.07, 6.45) is 2.38. The molecule has 2 aromatic rings. The van der Waals surface area contributed by atoms with Crippen molar-refractivity contribution in [3.05, 3.63) is 42.2 Å². The molecule has 0 saturated carbocycles. The Labute approximate surface area is 103 Å². The number of hydrogen-bond donors (Lipinski definition) is 1. The third kappa shape index (κ3) is 2.73. The Hall–Kier alpha value is -2.63. The van der Waals surface area contributed by atoms with Crippen molar-refractivity contribution >= 4 is 5.97 Å². The minimum Gasteiger partial charge on any atom is -0.497 e. The molecule has 0 atom stereocenters. The van der Waals surface area contributed by atoms with Crippen LogP contribution >= 0.6 is 0 Å². The summed E-state index contributed by atoms with van der Waals surface area (Å²) >= 11 is 0. The maximum Gasteiger partial charge on any atom is 0.338 e. The monoisotopic (exact) mass is 246 g/mol. The van der Waals surface area contributed by atoms with E-state index in [9.17, 15) is 4.79 Å². The van der Waals surface area contributed by atoms with Gasteiger partial charge in [0.2, 0.25) is 0 Å². The highest BCUT2D eigenvalue weighted by Gasteiger charge is 2.05. The number of carbonyl (C=O) groups is 1. The lowest BCUT2D eigenvalue weighted by molar-refractivity contribution is 0.0696. The first kappa shape index (κ1) is 11.8. The topological polar surface area (TPSA) is 81.5 Å². The SMILES string of the molecule is COc1ccc(Oc2ncc(C(=O)O)cn2)cc1. The Morgan fingerprint density at radius 1 is 1.11 bits per heavy atom. The van der Waals surface area contributed by atoms with Crippen molar-refractivity contribution in [1.29, 1.82) is 0 Å². The standard InChI is InChI=1S/C12H10N2O4/c1-17-9-2-4-10(5-3-9)18-12-13-6-8(7-14-12)11(15)16/h2-7H,1H3,(H,15,16). The Bertz CT molecular complexity index is 537. The van der Waals surface area contributed by atoms with Gasteiger partial charge < -0.3 is 14.6 Å². The van der Waals surface area contributed by atoms with Crippen LogP contribution in [-0.2, 0) is 0 Å². The van der Waals surface area contributed by atoms with Crippen molar-refractivity contribution in [3.63, 3.8) is 0 Å². The number of carboxylic acid groups (broad SMARTS) is 1. The van der Waals surface area contributed by atoms with Gasteiger partial charge in [0.1, 0.15) is 11.5 Å². The van der Waals surface area contributed by atoms with Gasteiger partial charge in [-0.3, -0.25) is 0 Å². The van der Waals surface area contributed by atoms with Crippen LogP contribution in [0, 0.1) is 0 Å². The van der Waals surface area contributed by atoms with Gasteiger partial charge in [0, 0.05) is 12.4 Å². The number of aromatic carboxylic acids is 1. The Morgan fingerprint density at radius 2 is 1.67 bits per heavy atom. The quantitative estimate of drug-likeness (QED) is 0.888. The lowest BCUT2D eigenvalue weighted by atomic mass is 10.3. The second kappa shape index (κ2) is 5.13. The zero-order chi connectivity index (χ0) is 13.0. The second-order valence-electron chi connectivity index (χ2n) is 3.34. The van der Waals surface area contributed by atoms with Gasteiger partial charge in [-0.15, -0.1) is 0 Å². The Balaban J connectivity index is 2.10. The highest BCUT2D eigenvalue weighted by Crippen LogP contribution is 2.20. The van der Waals surface area contributed by atoms with Gasteiger partial charge in [-0.05, 0) is 24.3 Å². The van der Waals surface area contributed by atoms with Crippen molar-refractivity contribution in [2.45, 2.75) is 0 Å². The predicted molar refractivity (Wildman–Crippen MR) is 62.1 cm³/mol. The predicted octanol–water partition coefficient (Wildman–Crippen LogP) is 1.98. The van der Waals surface area contributed by atoms with Crippen molar-refractivity contribution in [3.8, 4) is 17.5 Å². The van der Waals surface area contributed by atoms with E-state index in [1.165, 1.54) is 12.4 Å².